The highest BCUT2D eigenvalue weighted by Crippen LogP contribution is 2.19. The highest BCUT2D eigenvalue weighted by Gasteiger charge is 2.23. The van der Waals surface area contributed by atoms with Gasteiger partial charge in [0.05, 0.1) is 6.54 Å². The summed E-state index contributed by atoms with van der Waals surface area (Å²) >= 11 is 0. The number of hydrogen-bond acceptors (Lipinski definition) is 4. The lowest BCUT2D eigenvalue weighted by molar-refractivity contribution is -0.132. The molecule has 0 atom stereocenters. The fourth-order valence-corrected chi connectivity index (χ4v) is 2.93. The fourth-order valence-electron chi connectivity index (χ4n) is 2.93. The summed E-state index contributed by atoms with van der Waals surface area (Å²) in [5.74, 6) is 0.0799. The van der Waals surface area contributed by atoms with Crippen molar-refractivity contribution in [3.63, 3.8) is 0 Å². The zero-order valence-electron chi connectivity index (χ0n) is 15.7. The lowest BCUT2D eigenvalue weighted by Crippen LogP contribution is -2.52. The maximum Gasteiger partial charge on any atom is 0.387 e. The molecule has 7 nitrogen and oxygen atoms in total. The number of urea groups is 1. The molecule has 1 aromatic rings. The topological polar surface area (TPSA) is 65.1 Å². The lowest BCUT2D eigenvalue weighted by atomic mass is 10.3. The van der Waals surface area contributed by atoms with Crippen molar-refractivity contribution in [3.05, 3.63) is 24.3 Å². The molecule has 9 heteroatoms. The van der Waals surface area contributed by atoms with E-state index in [1.54, 1.807) is 15.9 Å². The summed E-state index contributed by atoms with van der Waals surface area (Å²) in [5, 5.41) is 2.69. The van der Waals surface area contributed by atoms with Crippen LogP contribution in [0.25, 0.3) is 0 Å². The van der Waals surface area contributed by atoms with Gasteiger partial charge in [0.15, 0.2) is 0 Å². The molecule has 0 aromatic heterocycles. The predicted octanol–water partition coefficient (Wildman–Crippen LogP) is 2.31. The number of nitrogens with zero attached hydrogens (tertiary/aromatic N) is 3. The van der Waals surface area contributed by atoms with Crippen molar-refractivity contribution in [3.8, 4) is 5.75 Å². The van der Waals surface area contributed by atoms with E-state index in [-0.39, 0.29) is 17.7 Å². The third-order valence-electron chi connectivity index (χ3n) is 4.44. The van der Waals surface area contributed by atoms with Crippen LogP contribution in [-0.4, -0.2) is 79.1 Å². The van der Waals surface area contributed by atoms with Crippen molar-refractivity contribution in [1.82, 2.24) is 14.7 Å². The average molecular weight is 384 g/mol. The number of halogens is 2. The van der Waals surface area contributed by atoms with Crippen molar-refractivity contribution in [2.45, 2.75) is 20.5 Å². The molecule has 1 heterocycles. The normalized spacial score (nSPS) is 14.9. The Morgan fingerprint density at radius 2 is 1.85 bits per heavy atom. The molecule has 0 spiro atoms. The van der Waals surface area contributed by atoms with Crippen LogP contribution in [-0.2, 0) is 4.79 Å². The first kappa shape index (κ1) is 20.9. The summed E-state index contributed by atoms with van der Waals surface area (Å²) < 4.78 is 28.9. The highest BCUT2D eigenvalue weighted by molar-refractivity contribution is 5.89. The number of carbonyl (C=O) groups is 2. The first-order valence-electron chi connectivity index (χ1n) is 9.03. The van der Waals surface area contributed by atoms with E-state index < -0.39 is 6.61 Å². The number of anilines is 1. The molecular weight excluding hydrogens is 358 g/mol. The number of likely N-dealkylation sites (N-methyl/N-ethyl adjacent to an activating group) is 1. The summed E-state index contributed by atoms with van der Waals surface area (Å²) in [6.45, 7) is 4.90. The number of amides is 3. The second-order valence-corrected chi connectivity index (χ2v) is 6.17. The molecular formula is C18H26F2N4O3. The van der Waals surface area contributed by atoms with Gasteiger partial charge in [-0.2, -0.15) is 8.78 Å². The van der Waals surface area contributed by atoms with E-state index in [0.29, 0.717) is 51.5 Å². The Morgan fingerprint density at radius 1 is 1.19 bits per heavy atom. The molecule has 27 heavy (non-hydrogen) atoms. The average Bonchev–Trinajstić information content (AvgIpc) is 2.63. The first-order valence-corrected chi connectivity index (χ1v) is 9.03. The summed E-state index contributed by atoms with van der Waals surface area (Å²) in [7, 11) is 0. The van der Waals surface area contributed by atoms with Gasteiger partial charge in [0.25, 0.3) is 0 Å². The van der Waals surface area contributed by atoms with Crippen LogP contribution in [0, 0.1) is 0 Å². The Labute approximate surface area is 157 Å². The Morgan fingerprint density at radius 3 is 2.44 bits per heavy atom. The molecule has 0 bridgehead atoms. The minimum absolute atomic E-state index is 0.0115. The van der Waals surface area contributed by atoms with E-state index in [1.807, 2.05) is 18.7 Å². The van der Waals surface area contributed by atoms with Gasteiger partial charge in [-0.3, -0.25) is 9.69 Å². The van der Waals surface area contributed by atoms with E-state index in [9.17, 15) is 18.4 Å². The van der Waals surface area contributed by atoms with Crippen molar-refractivity contribution >= 4 is 17.6 Å². The molecule has 1 saturated heterocycles. The third kappa shape index (κ3) is 6.35. The fraction of sp³-hybridized carbons (Fsp3) is 0.556. The molecule has 150 valence electrons. The minimum atomic E-state index is -2.91. The molecule has 1 N–H and O–H groups in total. The zero-order valence-corrected chi connectivity index (χ0v) is 15.7. The Bertz CT molecular complexity index is 633. The second-order valence-electron chi connectivity index (χ2n) is 6.17. The molecule has 1 fully saturated rings. The lowest BCUT2D eigenvalue weighted by Gasteiger charge is -2.35. The Hall–Kier alpha value is -2.42. The number of ether oxygens (including phenoxy) is 1. The molecule has 1 aromatic carbocycles. The molecule has 3 amide bonds. The minimum Gasteiger partial charge on any atom is -0.435 e. The number of alkyl halides is 2. The van der Waals surface area contributed by atoms with Gasteiger partial charge in [-0.15, -0.1) is 0 Å². The van der Waals surface area contributed by atoms with Crippen LogP contribution in [0.3, 0.4) is 0 Å². The summed E-state index contributed by atoms with van der Waals surface area (Å²) in [4.78, 5) is 30.0. The monoisotopic (exact) mass is 384 g/mol. The molecule has 1 aliphatic heterocycles. The summed E-state index contributed by atoms with van der Waals surface area (Å²) in [5.41, 5.74) is 0.386. The number of benzene rings is 1. The van der Waals surface area contributed by atoms with Gasteiger partial charge in [-0.05, 0) is 26.0 Å². The van der Waals surface area contributed by atoms with Crippen LogP contribution < -0.4 is 10.1 Å². The van der Waals surface area contributed by atoms with Crippen LogP contribution in [0.2, 0.25) is 0 Å². The second kappa shape index (κ2) is 10.1. The van der Waals surface area contributed by atoms with Gasteiger partial charge in [-0.25, -0.2) is 4.79 Å². The highest BCUT2D eigenvalue weighted by atomic mass is 19.3. The van der Waals surface area contributed by atoms with E-state index in [2.05, 4.69) is 10.1 Å². The molecule has 0 unspecified atom stereocenters. The van der Waals surface area contributed by atoms with Crippen molar-refractivity contribution in [2.24, 2.45) is 0 Å². The SMILES string of the molecule is CCN(CC)C(=O)CN1CCN(C(=O)Nc2cccc(OC(F)F)c2)CC1. The van der Waals surface area contributed by atoms with Crippen molar-refractivity contribution in [1.29, 1.82) is 0 Å². The number of carbonyl (C=O) groups excluding carboxylic acids is 2. The smallest absolute Gasteiger partial charge is 0.387 e. The van der Waals surface area contributed by atoms with Gasteiger partial charge < -0.3 is 19.9 Å². The largest absolute Gasteiger partial charge is 0.435 e. The Balaban J connectivity index is 1.82. The maximum atomic E-state index is 12.4. The number of rotatable bonds is 7. The number of piperazine rings is 1. The molecule has 2 rings (SSSR count). The van der Waals surface area contributed by atoms with Gasteiger partial charge >= 0.3 is 12.6 Å². The van der Waals surface area contributed by atoms with E-state index in [1.165, 1.54) is 18.2 Å². The van der Waals surface area contributed by atoms with Crippen molar-refractivity contribution < 1.29 is 23.1 Å². The van der Waals surface area contributed by atoms with Crippen LogP contribution in [0.5, 0.6) is 5.75 Å². The quantitative estimate of drug-likeness (QED) is 0.784. The van der Waals surface area contributed by atoms with E-state index in [4.69, 9.17) is 0 Å². The molecule has 0 saturated carbocycles. The number of nitrogens with one attached hydrogen (secondary N) is 1. The molecule has 1 aliphatic rings. The van der Waals surface area contributed by atoms with Crippen molar-refractivity contribution in [2.75, 3.05) is 51.1 Å². The summed E-state index contributed by atoms with van der Waals surface area (Å²) in [6.07, 6.45) is 0. The maximum absolute atomic E-state index is 12.4. The summed E-state index contributed by atoms with van der Waals surface area (Å²) in [6, 6.07) is 5.58. The predicted molar refractivity (Wildman–Crippen MR) is 98.0 cm³/mol. The zero-order chi connectivity index (χ0) is 19.8. The van der Waals surface area contributed by atoms with Gasteiger partial charge in [0, 0.05) is 51.0 Å². The van der Waals surface area contributed by atoms with Crippen LogP contribution in [0.4, 0.5) is 19.3 Å². The van der Waals surface area contributed by atoms with Gasteiger partial charge in [0.1, 0.15) is 5.75 Å². The van der Waals surface area contributed by atoms with Crippen LogP contribution in [0.15, 0.2) is 24.3 Å². The third-order valence-corrected chi connectivity index (χ3v) is 4.44. The number of hydrogen-bond donors (Lipinski definition) is 1. The standard InChI is InChI=1S/C18H26F2N4O3/c1-3-23(4-2)16(25)13-22-8-10-24(11-9-22)18(26)21-14-6-5-7-15(12-14)27-17(19)20/h5-7,12,17H,3-4,8-11,13H2,1-2H3,(H,21,26). The Kier molecular flexibility index (Phi) is 7.78. The van der Waals surface area contributed by atoms with Crippen LogP contribution >= 0.6 is 0 Å². The van der Waals surface area contributed by atoms with Crippen LogP contribution in [0.1, 0.15) is 13.8 Å². The van der Waals surface area contributed by atoms with E-state index in [0.717, 1.165) is 0 Å². The van der Waals surface area contributed by atoms with E-state index >= 15 is 0 Å². The molecule has 0 radical (unpaired) electrons. The molecule has 0 aliphatic carbocycles. The first-order chi connectivity index (χ1) is 12.9. The van der Waals surface area contributed by atoms with Gasteiger partial charge in [0.2, 0.25) is 5.91 Å². The van der Waals surface area contributed by atoms with Gasteiger partial charge in [-0.1, -0.05) is 6.07 Å².